The fourth-order valence-corrected chi connectivity index (χ4v) is 12.2. The molecule has 6 atom stereocenters. The Balaban J connectivity index is 5.15. The van der Waals surface area contributed by atoms with Gasteiger partial charge in [-0.05, 0) is 31.6 Å². The van der Waals surface area contributed by atoms with Gasteiger partial charge in [-0.3, -0.25) is 37.3 Å². The molecule has 0 amide bonds. The zero-order valence-corrected chi connectivity index (χ0v) is 59.4. The number of phosphoric acid groups is 2. The molecule has 0 aromatic carbocycles. The lowest BCUT2D eigenvalue weighted by molar-refractivity contribution is -0.161. The second kappa shape index (κ2) is 63.5. The van der Waals surface area contributed by atoms with Crippen LogP contribution in [-0.2, 0) is 65.4 Å². The third kappa shape index (κ3) is 63.2. The summed E-state index contributed by atoms with van der Waals surface area (Å²) in [6, 6.07) is 0. The van der Waals surface area contributed by atoms with Crippen LogP contribution in [-0.4, -0.2) is 96.7 Å². The lowest BCUT2D eigenvalue weighted by atomic mass is 9.99. The SMILES string of the molecule is CCCCCCCCCCCCCCCCCCC(=O)OC[C@H](COP(=O)(O)OC[C@@H](O)COP(=O)(O)OC[C@@H](COC(=O)CCCCCCC)OC(=O)CCCCCCCCCCCC)OC(=O)CCCCCCCCCCCCCCCCC(C)CC. The van der Waals surface area contributed by atoms with Crippen LogP contribution in [0.3, 0.4) is 0 Å². The lowest BCUT2D eigenvalue weighted by Crippen LogP contribution is -2.30. The summed E-state index contributed by atoms with van der Waals surface area (Å²) in [6.45, 7) is 7.21. The van der Waals surface area contributed by atoms with E-state index in [0.29, 0.717) is 25.7 Å². The Kier molecular flexibility index (Phi) is 62.1. The Bertz CT molecular complexity index is 1720. The molecule has 0 aromatic rings. The second-order valence-corrected chi connectivity index (χ2v) is 28.4. The first kappa shape index (κ1) is 87.1. The van der Waals surface area contributed by atoms with Gasteiger partial charge < -0.3 is 33.8 Å². The van der Waals surface area contributed by atoms with E-state index in [1.165, 1.54) is 180 Å². The minimum absolute atomic E-state index is 0.106. The Morgan fingerprint density at radius 1 is 0.315 bits per heavy atom. The number of hydrogen-bond acceptors (Lipinski definition) is 15. The van der Waals surface area contributed by atoms with Crippen LogP contribution in [0.25, 0.3) is 0 Å². The van der Waals surface area contributed by atoms with Gasteiger partial charge >= 0.3 is 39.5 Å². The topological polar surface area (TPSA) is 237 Å². The van der Waals surface area contributed by atoms with E-state index in [2.05, 4.69) is 34.6 Å². The number of hydrogen-bond donors (Lipinski definition) is 3. The molecule has 0 bridgehead atoms. The van der Waals surface area contributed by atoms with Gasteiger partial charge in [-0.2, -0.15) is 0 Å². The zero-order valence-electron chi connectivity index (χ0n) is 57.6. The number of carbonyl (C=O) groups is 4. The molecule has 0 saturated carbocycles. The standard InChI is InChI=1S/C70H136O17P2/c1-6-10-13-16-18-20-22-23-24-25-29-32-36-39-44-49-54-68(73)81-60-66(87-70(75)56-51-46-41-37-33-30-27-26-28-31-34-38-43-47-52-63(5)9-4)62-85-89(78,79)83-58-64(71)57-82-88(76,77)84-61-65(59-80-67(72)53-48-42-15-12-8-3)86-69(74)55-50-45-40-35-21-19-17-14-11-7-2/h63-66,71H,6-62H2,1-5H3,(H,76,77)(H,78,79)/t63?,64-,65+,66+/m0/s1. The lowest BCUT2D eigenvalue weighted by Gasteiger charge is -2.21. The summed E-state index contributed by atoms with van der Waals surface area (Å²) in [5.41, 5.74) is 0. The van der Waals surface area contributed by atoms with Crippen molar-refractivity contribution in [3.63, 3.8) is 0 Å². The number of carbonyl (C=O) groups excluding carboxylic acids is 4. The van der Waals surface area contributed by atoms with Gasteiger partial charge in [0.25, 0.3) is 0 Å². The van der Waals surface area contributed by atoms with E-state index in [-0.39, 0.29) is 25.7 Å². The number of esters is 4. The van der Waals surface area contributed by atoms with Crippen LogP contribution < -0.4 is 0 Å². The van der Waals surface area contributed by atoms with Crippen molar-refractivity contribution < 1.29 is 80.2 Å². The molecule has 0 aliphatic rings. The molecule has 0 aliphatic heterocycles. The summed E-state index contributed by atoms with van der Waals surface area (Å²) in [4.78, 5) is 72.2. The molecule has 0 rings (SSSR count). The van der Waals surface area contributed by atoms with Crippen LogP contribution in [0.2, 0.25) is 0 Å². The van der Waals surface area contributed by atoms with Crippen LogP contribution in [0.1, 0.15) is 362 Å². The van der Waals surface area contributed by atoms with Crippen LogP contribution in [0.15, 0.2) is 0 Å². The maximum atomic E-state index is 13.0. The molecule has 19 heteroatoms. The largest absolute Gasteiger partial charge is 0.472 e. The maximum Gasteiger partial charge on any atom is 0.472 e. The molecular formula is C70H136O17P2. The molecule has 17 nitrogen and oxygen atoms in total. The summed E-state index contributed by atoms with van der Waals surface area (Å²) >= 11 is 0. The molecule has 0 radical (unpaired) electrons. The number of phosphoric ester groups is 2. The number of unbranched alkanes of at least 4 members (excludes halogenated alkanes) is 41. The quantitative estimate of drug-likeness (QED) is 0.0222. The Hall–Kier alpha value is -1.94. The van der Waals surface area contributed by atoms with Gasteiger partial charge in [-0.1, -0.05) is 311 Å². The highest BCUT2D eigenvalue weighted by Gasteiger charge is 2.30. The third-order valence-corrected chi connectivity index (χ3v) is 18.5. The summed E-state index contributed by atoms with van der Waals surface area (Å²) in [5, 5.41) is 10.6. The number of ether oxygens (including phenoxy) is 4. The number of rotatable bonds is 70. The van der Waals surface area contributed by atoms with Crippen molar-refractivity contribution in [1.82, 2.24) is 0 Å². The average Bonchev–Trinajstić information content (AvgIpc) is 3.67. The monoisotopic (exact) mass is 1310 g/mol. The van der Waals surface area contributed by atoms with Crippen molar-refractivity contribution >= 4 is 39.5 Å². The average molecular weight is 1310 g/mol. The number of aliphatic hydroxyl groups is 1. The molecule has 0 fully saturated rings. The molecule has 89 heavy (non-hydrogen) atoms. The van der Waals surface area contributed by atoms with Crippen LogP contribution >= 0.6 is 15.6 Å². The minimum atomic E-state index is -4.95. The van der Waals surface area contributed by atoms with E-state index in [1.807, 2.05) is 0 Å². The molecule has 3 N–H and O–H groups in total. The highest BCUT2D eigenvalue weighted by molar-refractivity contribution is 7.47. The van der Waals surface area contributed by atoms with Gasteiger partial charge in [0.05, 0.1) is 26.4 Å². The van der Waals surface area contributed by atoms with E-state index in [9.17, 15) is 43.2 Å². The summed E-state index contributed by atoms with van der Waals surface area (Å²) in [5.74, 6) is -1.29. The number of aliphatic hydroxyl groups excluding tert-OH is 1. The normalized spacial score (nSPS) is 14.4. The maximum absolute atomic E-state index is 13.0. The third-order valence-electron chi connectivity index (χ3n) is 16.6. The summed E-state index contributed by atoms with van der Waals surface area (Å²) < 4.78 is 68.0. The summed E-state index contributed by atoms with van der Waals surface area (Å²) in [7, 11) is -9.89. The molecule has 528 valence electrons. The highest BCUT2D eigenvalue weighted by Crippen LogP contribution is 2.45. The Labute approximate surface area is 543 Å². The van der Waals surface area contributed by atoms with Gasteiger partial charge in [0.1, 0.15) is 19.3 Å². The van der Waals surface area contributed by atoms with Gasteiger partial charge in [0.2, 0.25) is 0 Å². The molecule has 0 heterocycles. The molecule has 0 spiro atoms. The Morgan fingerprint density at radius 2 is 0.539 bits per heavy atom. The fraction of sp³-hybridized carbons (Fsp3) is 0.943. The van der Waals surface area contributed by atoms with E-state index >= 15 is 0 Å². The highest BCUT2D eigenvalue weighted by atomic mass is 31.2. The van der Waals surface area contributed by atoms with Crippen molar-refractivity contribution in [2.24, 2.45) is 5.92 Å². The van der Waals surface area contributed by atoms with Crippen molar-refractivity contribution in [3.05, 3.63) is 0 Å². The van der Waals surface area contributed by atoms with E-state index in [0.717, 1.165) is 102 Å². The summed E-state index contributed by atoms with van der Waals surface area (Å²) in [6.07, 6.45) is 50.3. The molecule has 3 unspecified atom stereocenters. The predicted molar refractivity (Wildman–Crippen MR) is 358 cm³/mol. The van der Waals surface area contributed by atoms with Gasteiger partial charge in [-0.25, -0.2) is 9.13 Å². The molecule has 0 saturated heterocycles. The van der Waals surface area contributed by atoms with E-state index in [1.54, 1.807) is 0 Å². The van der Waals surface area contributed by atoms with E-state index in [4.69, 9.17) is 37.0 Å². The van der Waals surface area contributed by atoms with Crippen LogP contribution in [0, 0.1) is 5.92 Å². The van der Waals surface area contributed by atoms with Crippen molar-refractivity contribution in [3.8, 4) is 0 Å². The zero-order chi connectivity index (χ0) is 65.6. The van der Waals surface area contributed by atoms with Crippen LogP contribution in [0.4, 0.5) is 0 Å². The van der Waals surface area contributed by atoms with Crippen molar-refractivity contribution in [1.29, 1.82) is 0 Å². The predicted octanol–water partition coefficient (Wildman–Crippen LogP) is 20.1. The first-order chi connectivity index (χ1) is 43.1. The van der Waals surface area contributed by atoms with Gasteiger partial charge in [-0.15, -0.1) is 0 Å². The fourth-order valence-electron chi connectivity index (χ4n) is 10.6. The second-order valence-electron chi connectivity index (χ2n) is 25.5. The smallest absolute Gasteiger partial charge is 0.462 e. The molecule has 0 aromatic heterocycles. The van der Waals surface area contributed by atoms with Crippen molar-refractivity contribution in [2.75, 3.05) is 39.6 Å². The molecular weight excluding hydrogens is 1170 g/mol. The van der Waals surface area contributed by atoms with Crippen LogP contribution in [0.5, 0.6) is 0 Å². The first-order valence-electron chi connectivity index (χ1n) is 36.7. The van der Waals surface area contributed by atoms with Crippen molar-refractivity contribution in [2.45, 2.75) is 380 Å². The van der Waals surface area contributed by atoms with Gasteiger partial charge in [0.15, 0.2) is 12.2 Å². The Morgan fingerprint density at radius 3 is 0.798 bits per heavy atom. The van der Waals surface area contributed by atoms with E-state index < -0.39 is 97.5 Å². The van der Waals surface area contributed by atoms with Gasteiger partial charge in [0, 0.05) is 25.7 Å². The first-order valence-corrected chi connectivity index (χ1v) is 39.7. The molecule has 0 aliphatic carbocycles. The minimum Gasteiger partial charge on any atom is -0.462 e.